The second-order valence-electron chi connectivity index (χ2n) is 6.68. The first-order chi connectivity index (χ1) is 13.0. The molecule has 3 aromatic rings. The molecule has 0 spiro atoms. The summed E-state index contributed by atoms with van der Waals surface area (Å²) in [6.45, 7) is 3.62. The van der Waals surface area contributed by atoms with Gasteiger partial charge in [-0.05, 0) is 49.2 Å². The minimum Gasteiger partial charge on any atom is -0.284 e. The van der Waals surface area contributed by atoms with E-state index in [2.05, 4.69) is 14.4 Å². The molecule has 7 nitrogen and oxygen atoms in total. The molecule has 0 aliphatic heterocycles. The number of hydrogen-bond donors (Lipinski definition) is 2. The van der Waals surface area contributed by atoms with Gasteiger partial charge < -0.3 is 0 Å². The molecule has 0 radical (unpaired) electrons. The average Bonchev–Trinajstić information content (AvgIpc) is 2.59. The number of benzene rings is 2. The van der Waals surface area contributed by atoms with Crippen molar-refractivity contribution in [1.82, 2.24) is 9.71 Å². The van der Waals surface area contributed by atoms with Crippen LogP contribution in [-0.4, -0.2) is 28.1 Å². The summed E-state index contributed by atoms with van der Waals surface area (Å²) in [5.74, 6) is 0. The minimum atomic E-state index is -3.81. The van der Waals surface area contributed by atoms with E-state index in [1.807, 2.05) is 19.1 Å². The van der Waals surface area contributed by atoms with E-state index < -0.39 is 26.1 Å². The average molecular weight is 420 g/mol. The third-order valence-corrected chi connectivity index (χ3v) is 6.32. The molecule has 3 rings (SSSR count). The first-order valence-corrected chi connectivity index (χ1v) is 11.9. The molecule has 2 aromatic carbocycles. The van der Waals surface area contributed by atoms with E-state index in [0.717, 1.165) is 17.2 Å². The van der Waals surface area contributed by atoms with Crippen LogP contribution in [0.5, 0.6) is 0 Å². The molecule has 9 heteroatoms. The van der Waals surface area contributed by atoms with Gasteiger partial charge in [0.15, 0.2) is 0 Å². The largest absolute Gasteiger partial charge is 0.284 e. The van der Waals surface area contributed by atoms with Gasteiger partial charge in [-0.3, -0.25) is 9.71 Å². The topological polar surface area (TPSA) is 105 Å². The van der Waals surface area contributed by atoms with E-state index in [1.165, 1.54) is 6.07 Å². The van der Waals surface area contributed by atoms with Gasteiger partial charge in [-0.15, -0.1) is 0 Å². The Kier molecular flexibility index (Phi) is 5.42. The van der Waals surface area contributed by atoms with E-state index in [4.69, 9.17) is 0 Å². The van der Waals surface area contributed by atoms with Crippen molar-refractivity contribution in [2.24, 2.45) is 0 Å². The van der Waals surface area contributed by atoms with Crippen LogP contribution in [0.4, 0.5) is 5.69 Å². The van der Waals surface area contributed by atoms with Gasteiger partial charge in [0.2, 0.25) is 20.0 Å². The summed E-state index contributed by atoms with van der Waals surface area (Å²) in [5.41, 5.74) is 2.48. The van der Waals surface area contributed by atoms with Crippen molar-refractivity contribution in [2.75, 3.05) is 11.0 Å². The van der Waals surface area contributed by atoms with Crippen LogP contribution in [0.15, 0.2) is 59.6 Å². The molecule has 2 N–H and O–H groups in total. The van der Waals surface area contributed by atoms with Crippen molar-refractivity contribution in [3.63, 3.8) is 0 Å². The summed E-state index contributed by atoms with van der Waals surface area (Å²) in [7, 11) is -7.18. The summed E-state index contributed by atoms with van der Waals surface area (Å²) < 4.78 is 53.4. The molecule has 0 saturated heterocycles. The van der Waals surface area contributed by atoms with E-state index in [1.54, 1.807) is 43.5 Å². The van der Waals surface area contributed by atoms with Crippen molar-refractivity contribution in [2.45, 2.75) is 24.8 Å². The van der Waals surface area contributed by atoms with Crippen molar-refractivity contribution >= 4 is 36.6 Å². The van der Waals surface area contributed by atoms with Crippen LogP contribution in [0.25, 0.3) is 10.9 Å². The number of para-hydroxylation sites is 1. The van der Waals surface area contributed by atoms with E-state index in [-0.39, 0.29) is 4.90 Å². The molecule has 1 aromatic heterocycles. The fraction of sp³-hybridized carbons (Fsp3) is 0.211. The number of nitrogens with zero attached hydrogens (tertiary/aromatic N) is 1. The molecule has 1 heterocycles. The number of nitrogens with one attached hydrogen (secondary N) is 2. The monoisotopic (exact) mass is 419 g/mol. The zero-order valence-corrected chi connectivity index (χ0v) is 17.3. The number of aryl methyl sites for hydroxylation is 1. The van der Waals surface area contributed by atoms with Gasteiger partial charge >= 0.3 is 0 Å². The molecular weight excluding hydrogens is 398 g/mol. The molecule has 0 aliphatic carbocycles. The van der Waals surface area contributed by atoms with Crippen LogP contribution in [0, 0.1) is 6.92 Å². The molecule has 1 atom stereocenters. The molecule has 28 heavy (non-hydrogen) atoms. The number of rotatable bonds is 6. The Morgan fingerprint density at radius 3 is 2.32 bits per heavy atom. The fourth-order valence-corrected chi connectivity index (χ4v) is 4.85. The lowest BCUT2D eigenvalue weighted by Gasteiger charge is -2.16. The SMILES string of the molecule is Cc1cnc2c(S(=O)(=O)NC(C)c3ccc(NS(C)(=O)=O)cc3)cccc2c1. The third-order valence-electron chi connectivity index (χ3n) is 4.15. The van der Waals surface area contributed by atoms with Crippen LogP contribution in [0.2, 0.25) is 0 Å². The lowest BCUT2D eigenvalue weighted by molar-refractivity contribution is 0.567. The van der Waals surface area contributed by atoms with E-state index in [9.17, 15) is 16.8 Å². The maximum absolute atomic E-state index is 12.9. The Balaban J connectivity index is 1.86. The van der Waals surface area contributed by atoms with Crippen LogP contribution in [0.3, 0.4) is 0 Å². The van der Waals surface area contributed by atoms with Gasteiger partial charge in [0.1, 0.15) is 4.90 Å². The lowest BCUT2D eigenvalue weighted by atomic mass is 10.1. The van der Waals surface area contributed by atoms with Gasteiger partial charge in [0.05, 0.1) is 11.8 Å². The van der Waals surface area contributed by atoms with Crippen molar-refractivity contribution in [3.8, 4) is 0 Å². The standard InChI is InChI=1S/C19H21N3O4S2/c1-13-11-16-5-4-6-18(19(16)20-12-13)28(25,26)21-14(2)15-7-9-17(10-8-15)22-27(3,23)24/h4-12,14,21-22H,1-3H3. The molecule has 0 amide bonds. The molecule has 0 aliphatic rings. The number of anilines is 1. The highest BCUT2D eigenvalue weighted by Gasteiger charge is 2.21. The lowest BCUT2D eigenvalue weighted by Crippen LogP contribution is -2.27. The Morgan fingerprint density at radius 2 is 1.68 bits per heavy atom. The van der Waals surface area contributed by atoms with Crippen LogP contribution in [-0.2, 0) is 20.0 Å². The summed E-state index contributed by atoms with van der Waals surface area (Å²) in [6, 6.07) is 12.9. The van der Waals surface area contributed by atoms with Gasteiger partial charge in [-0.2, -0.15) is 0 Å². The van der Waals surface area contributed by atoms with Crippen molar-refractivity contribution in [3.05, 3.63) is 65.9 Å². The highest BCUT2D eigenvalue weighted by Crippen LogP contribution is 2.24. The molecule has 148 valence electrons. The van der Waals surface area contributed by atoms with Crippen molar-refractivity contribution < 1.29 is 16.8 Å². The first kappa shape index (κ1) is 20.2. The zero-order valence-electron chi connectivity index (χ0n) is 15.7. The first-order valence-electron chi connectivity index (χ1n) is 8.51. The molecule has 0 fully saturated rings. The minimum absolute atomic E-state index is 0.118. The third kappa shape index (κ3) is 4.67. The van der Waals surface area contributed by atoms with Gasteiger partial charge in [-0.1, -0.05) is 24.3 Å². The number of hydrogen-bond acceptors (Lipinski definition) is 5. The zero-order chi connectivity index (χ0) is 20.5. The quantitative estimate of drug-likeness (QED) is 0.639. The van der Waals surface area contributed by atoms with Gasteiger partial charge in [0.25, 0.3) is 0 Å². The molecule has 0 bridgehead atoms. The summed E-state index contributed by atoms with van der Waals surface area (Å²) >= 11 is 0. The van der Waals surface area contributed by atoms with Crippen molar-refractivity contribution in [1.29, 1.82) is 0 Å². The number of aromatic nitrogens is 1. The number of sulfonamides is 2. The van der Waals surface area contributed by atoms with Crippen LogP contribution in [0.1, 0.15) is 24.1 Å². The second-order valence-corrected chi connectivity index (χ2v) is 10.1. The highest BCUT2D eigenvalue weighted by molar-refractivity contribution is 7.92. The fourth-order valence-electron chi connectivity index (χ4n) is 2.88. The number of fused-ring (bicyclic) bond motifs is 1. The summed E-state index contributed by atoms with van der Waals surface area (Å²) in [5, 5.41) is 0.756. The van der Waals surface area contributed by atoms with Crippen LogP contribution >= 0.6 is 0 Å². The molecule has 1 unspecified atom stereocenters. The van der Waals surface area contributed by atoms with Gasteiger partial charge in [-0.25, -0.2) is 21.6 Å². The van der Waals surface area contributed by atoms with Crippen LogP contribution < -0.4 is 9.44 Å². The maximum atomic E-state index is 12.9. The Morgan fingerprint density at radius 1 is 1.00 bits per heavy atom. The Labute approximate surface area is 164 Å². The van der Waals surface area contributed by atoms with Gasteiger partial charge in [0, 0.05) is 23.3 Å². The Bertz CT molecular complexity index is 1220. The molecule has 0 saturated carbocycles. The smallest absolute Gasteiger partial charge is 0.243 e. The van der Waals surface area contributed by atoms with E-state index in [0.29, 0.717) is 16.8 Å². The summed E-state index contributed by atoms with van der Waals surface area (Å²) in [4.78, 5) is 4.41. The predicted molar refractivity (Wildman–Crippen MR) is 110 cm³/mol. The number of pyridine rings is 1. The summed E-state index contributed by atoms with van der Waals surface area (Å²) in [6.07, 6.45) is 2.70. The Hall–Kier alpha value is -2.49. The second kappa shape index (κ2) is 7.50. The van der Waals surface area contributed by atoms with E-state index >= 15 is 0 Å². The maximum Gasteiger partial charge on any atom is 0.243 e. The molecular formula is C19H21N3O4S2. The predicted octanol–water partition coefficient (Wildman–Crippen LogP) is 2.95. The highest BCUT2D eigenvalue weighted by atomic mass is 32.2. The normalized spacial score (nSPS) is 13.4.